The van der Waals surface area contributed by atoms with Gasteiger partial charge < -0.3 is 10.3 Å². The van der Waals surface area contributed by atoms with Crippen molar-refractivity contribution in [2.24, 2.45) is 5.41 Å². The second-order valence-electron chi connectivity index (χ2n) is 6.14. The van der Waals surface area contributed by atoms with Crippen LogP contribution in [0.3, 0.4) is 0 Å². The summed E-state index contributed by atoms with van der Waals surface area (Å²) in [6.45, 7) is 4.51. The average molecular weight is 259 g/mol. The predicted molar refractivity (Wildman–Crippen MR) is 75.0 cm³/mol. The summed E-state index contributed by atoms with van der Waals surface area (Å²) in [5.41, 5.74) is 3.26. The SMILES string of the molecule is CNC(C#N)Cc1cc2c([nH]c1=O)CCC(C)(C)C2. The minimum absolute atomic E-state index is 0.0473. The van der Waals surface area contributed by atoms with Crippen molar-refractivity contribution < 1.29 is 0 Å². The van der Waals surface area contributed by atoms with Gasteiger partial charge in [0.25, 0.3) is 5.56 Å². The van der Waals surface area contributed by atoms with E-state index in [2.05, 4.69) is 30.2 Å². The van der Waals surface area contributed by atoms with E-state index in [4.69, 9.17) is 5.26 Å². The van der Waals surface area contributed by atoms with Gasteiger partial charge in [-0.2, -0.15) is 5.26 Å². The van der Waals surface area contributed by atoms with Gasteiger partial charge in [-0.05, 0) is 43.4 Å². The van der Waals surface area contributed by atoms with E-state index in [9.17, 15) is 4.79 Å². The maximum atomic E-state index is 12.0. The predicted octanol–water partition coefficient (Wildman–Crippen LogP) is 1.54. The molecule has 0 aromatic carbocycles. The number of pyridine rings is 1. The van der Waals surface area contributed by atoms with Crippen LogP contribution < -0.4 is 10.9 Å². The Morgan fingerprint density at radius 1 is 1.58 bits per heavy atom. The van der Waals surface area contributed by atoms with E-state index in [-0.39, 0.29) is 11.6 Å². The molecule has 2 N–H and O–H groups in total. The smallest absolute Gasteiger partial charge is 0.251 e. The molecule has 1 aliphatic rings. The molecule has 0 fully saturated rings. The molecule has 1 aromatic heterocycles. The van der Waals surface area contributed by atoms with E-state index in [0.29, 0.717) is 17.4 Å². The first-order valence-corrected chi connectivity index (χ1v) is 6.76. The summed E-state index contributed by atoms with van der Waals surface area (Å²) in [5, 5.41) is 11.9. The topological polar surface area (TPSA) is 68.7 Å². The minimum Gasteiger partial charge on any atom is -0.326 e. The highest BCUT2D eigenvalue weighted by atomic mass is 16.1. The Morgan fingerprint density at radius 2 is 2.32 bits per heavy atom. The van der Waals surface area contributed by atoms with E-state index in [0.717, 1.165) is 25.0 Å². The molecule has 0 saturated heterocycles. The average Bonchev–Trinajstić information content (AvgIpc) is 2.36. The number of aryl methyl sites for hydroxylation is 1. The van der Waals surface area contributed by atoms with Crippen molar-refractivity contribution >= 4 is 0 Å². The Bertz CT molecular complexity index is 566. The first-order chi connectivity index (χ1) is 8.95. The van der Waals surface area contributed by atoms with Crippen LogP contribution in [0.1, 0.15) is 37.1 Å². The molecule has 1 aliphatic carbocycles. The Morgan fingerprint density at radius 3 is 2.95 bits per heavy atom. The normalized spacial score (nSPS) is 18.4. The van der Waals surface area contributed by atoms with Crippen LogP contribution in [0.2, 0.25) is 0 Å². The van der Waals surface area contributed by atoms with Gasteiger partial charge in [0, 0.05) is 17.7 Å². The van der Waals surface area contributed by atoms with Gasteiger partial charge in [-0.1, -0.05) is 13.8 Å². The van der Waals surface area contributed by atoms with Gasteiger partial charge in [-0.3, -0.25) is 4.79 Å². The summed E-state index contributed by atoms with van der Waals surface area (Å²) in [6, 6.07) is 3.85. The number of aromatic amines is 1. The van der Waals surface area contributed by atoms with Gasteiger partial charge in [-0.25, -0.2) is 0 Å². The summed E-state index contributed by atoms with van der Waals surface area (Å²) in [6.07, 6.45) is 3.48. The molecule has 1 aromatic rings. The largest absolute Gasteiger partial charge is 0.326 e. The van der Waals surface area contributed by atoms with Crippen LogP contribution in [0.5, 0.6) is 0 Å². The summed E-state index contributed by atoms with van der Waals surface area (Å²) in [7, 11) is 1.74. The van der Waals surface area contributed by atoms with Crippen LogP contribution in [0.15, 0.2) is 10.9 Å². The van der Waals surface area contributed by atoms with Crippen molar-refractivity contribution in [2.75, 3.05) is 7.05 Å². The maximum Gasteiger partial charge on any atom is 0.251 e. The second kappa shape index (κ2) is 5.18. The molecular formula is C15H21N3O. The summed E-state index contributed by atoms with van der Waals surface area (Å²) >= 11 is 0. The summed E-state index contributed by atoms with van der Waals surface area (Å²) in [4.78, 5) is 15.0. The number of rotatable bonds is 3. The quantitative estimate of drug-likeness (QED) is 0.865. The second-order valence-corrected chi connectivity index (χ2v) is 6.14. The molecular weight excluding hydrogens is 238 g/mol. The van der Waals surface area contributed by atoms with Crippen molar-refractivity contribution in [3.05, 3.63) is 33.2 Å². The van der Waals surface area contributed by atoms with Crippen molar-refractivity contribution in [2.45, 2.75) is 45.6 Å². The van der Waals surface area contributed by atoms with Crippen LogP contribution in [0, 0.1) is 16.7 Å². The molecule has 19 heavy (non-hydrogen) atoms. The highest BCUT2D eigenvalue weighted by Crippen LogP contribution is 2.33. The van der Waals surface area contributed by atoms with Gasteiger partial charge >= 0.3 is 0 Å². The lowest BCUT2D eigenvalue weighted by Crippen LogP contribution is -2.31. The van der Waals surface area contributed by atoms with Crippen LogP contribution in [-0.4, -0.2) is 18.1 Å². The van der Waals surface area contributed by atoms with Crippen LogP contribution in [-0.2, 0) is 19.3 Å². The summed E-state index contributed by atoms with van der Waals surface area (Å²) < 4.78 is 0. The Labute approximate surface area is 113 Å². The standard InChI is InChI=1S/C15H21N3O/c1-15(2)5-4-13-11(8-15)6-10(14(19)18-13)7-12(9-16)17-3/h6,12,17H,4-5,7-8H2,1-3H3,(H,18,19). The van der Waals surface area contributed by atoms with Gasteiger partial charge in [0.1, 0.15) is 0 Å². The Kier molecular flexibility index (Phi) is 3.77. The third kappa shape index (κ3) is 3.05. The van der Waals surface area contributed by atoms with Crippen molar-refractivity contribution in [1.82, 2.24) is 10.3 Å². The molecule has 4 nitrogen and oxygen atoms in total. The molecule has 0 radical (unpaired) electrons. The number of hydrogen-bond donors (Lipinski definition) is 2. The zero-order chi connectivity index (χ0) is 14.0. The molecule has 0 spiro atoms. The third-order valence-electron chi connectivity index (χ3n) is 3.94. The minimum atomic E-state index is -0.309. The van der Waals surface area contributed by atoms with Gasteiger partial charge in [-0.15, -0.1) is 0 Å². The van der Waals surface area contributed by atoms with E-state index < -0.39 is 0 Å². The number of nitrogens with zero attached hydrogens (tertiary/aromatic N) is 1. The lowest BCUT2D eigenvalue weighted by molar-refractivity contribution is 0.312. The first-order valence-electron chi connectivity index (χ1n) is 6.76. The van der Waals surface area contributed by atoms with Gasteiger partial charge in [0.05, 0.1) is 12.1 Å². The van der Waals surface area contributed by atoms with Crippen molar-refractivity contribution in [1.29, 1.82) is 5.26 Å². The molecule has 4 heteroatoms. The third-order valence-corrected chi connectivity index (χ3v) is 3.94. The number of nitriles is 1. The fraction of sp³-hybridized carbons (Fsp3) is 0.600. The Balaban J connectivity index is 2.33. The number of fused-ring (bicyclic) bond motifs is 1. The molecule has 0 amide bonds. The van der Waals surface area contributed by atoms with Crippen LogP contribution in [0.4, 0.5) is 0 Å². The number of likely N-dealkylation sites (N-methyl/N-ethyl adjacent to an activating group) is 1. The Hall–Kier alpha value is -1.60. The highest BCUT2D eigenvalue weighted by Gasteiger charge is 2.26. The van der Waals surface area contributed by atoms with E-state index in [1.54, 1.807) is 7.05 Å². The molecule has 2 rings (SSSR count). The maximum absolute atomic E-state index is 12.0. The van der Waals surface area contributed by atoms with E-state index in [1.807, 2.05) is 6.07 Å². The molecule has 1 unspecified atom stereocenters. The van der Waals surface area contributed by atoms with E-state index >= 15 is 0 Å². The lowest BCUT2D eigenvalue weighted by atomic mass is 9.75. The molecule has 0 bridgehead atoms. The molecule has 102 valence electrons. The van der Waals surface area contributed by atoms with Crippen LogP contribution in [0.25, 0.3) is 0 Å². The van der Waals surface area contributed by atoms with E-state index in [1.165, 1.54) is 5.56 Å². The van der Waals surface area contributed by atoms with Gasteiger partial charge in [0.2, 0.25) is 0 Å². The zero-order valence-electron chi connectivity index (χ0n) is 11.8. The molecule has 0 aliphatic heterocycles. The highest BCUT2D eigenvalue weighted by molar-refractivity contribution is 5.30. The summed E-state index contributed by atoms with van der Waals surface area (Å²) in [5.74, 6) is 0. The molecule has 0 saturated carbocycles. The fourth-order valence-corrected chi connectivity index (χ4v) is 2.69. The first kappa shape index (κ1) is 13.8. The monoisotopic (exact) mass is 259 g/mol. The fourth-order valence-electron chi connectivity index (χ4n) is 2.69. The molecule has 1 heterocycles. The zero-order valence-corrected chi connectivity index (χ0v) is 11.8. The number of aromatic nitrogens is 1. The lowest BCUT2D eigenvalue weighted by Gasteiger charge is -2.31. The van der Waals surface area contributed by atoms with Crippen LogP contribution >= 0.6 is 0 Å². The van der Waals surface area contributed by atoms with Crippen molar-refractivity contribution in [3.8, 4) is 6.07 Å². The number of nitrogens with one attached hydrogen (secondary N) is 2. The molecule has 1 atom stereocenters. The number of hydrogen-bond acceptors (Lipinski definition) is 3. The van der Waals surface area contributed by atoms with Gasteiger partial charge in [0.15, 0.2) is 0 Å². The van der Waals surface area contributed by atoms with Crippen molar-refractivity contribution in [3.63, 3.8) is 0 Å². The number of H-pyrrole nitrogens is 1.